The number of nitrogens with zero attached hydrogens (tertiary/aromatic N) is 1. The van der Waals surface area contributed by atoms with Crippen molar-refractivity contribution in [1.29, 1.82) is 0 Å². The van der Waals surface area contributed by atoms with Crippen molar-refractivity contribution < 1.29 is 14.3 Å². The zero-order valence-corrected chi connectivity index (χ0v) is 11.5. The van der Waals surface area contributed by atoms with E-state index in [2.05, 4.69) is 4.98 Å². The summed E-state index contributed by atoms with van der Waals surface area (Å²) in [6, 6.07) is 9.87. The van der Waals surface area contributed by atoms with Gasteiger partial charge in [0.05, 0.1) is 25.2 Å². The van der Waals surface area contributed by atoms with E-state index < -0.39 is 5.60 Å². The Kier molecular flexibility index (Phi) is 3.30. The standard InChI is InChI=1S/C16H17NO3/c1-19-15(18)10-16(7-4-8-16)20-13-9-12-5-2-3-6-14(12)17-11-13/h2-3,5-6,9,11H,4,7-8,10H2,1H3. The second-order valence-electron chi connectivity index (χ2n) is 5.26. The Labute approximate surface area is 117 Å². The van der Waals surface area contributed by atoms with E-state index in [4.69, 9.17) is 9.47 Å². The van der Waals surface area contributed by atoms with E-state index in [1.807, 2.05) is 30.3 Å². The number of pyridine rings is 1. The van der Waals surface area contributed by atoms with E-state index in [1.165, 1.54) is 7.11 Å². The van der Waals surface area contributed by atoms with Gasteiger partial charge in [0.25, 0.3) is 0 Å². The van der Waals surface area contributed by atoms with Gasteiger partial charge in [-0.2, -0.15) is 0 Å². The van der Waals surface area contributed by atoms with Gasteiger partial charge in [-0.15, -0.1) is 0 Å². The summed E-state index contributed by atoms with van der Waals surface area (Å²) < 4.78 is 10.8. The third kappa shape index (κ3) is 2.46. The van der Waals surface area contributed by atoms with Crippen molar-refractivity contribution in [2.75, 3.05) is 7.11 Å². The number of methoxy groups -OCH3 is 1. The van der Waals surface area contributed by atoms with Crippen molar-refractivity contribution in [2.45, 2.75) is 31.3 Å². The number of hydrogen-bond acceptors (Lipinski definition) is 4. The van der Waals surface area contributed by atoms with E-state index >= 15 is 0 Å². The molecule has 0 atom stereocenters. The van der Waals surface area contributed by atoms with Crippen molar-refractivity contribution in [3.8, 4) is 5.75 Å². The van der Waals surface area contributed by atoms with Gasteiger partial charge in [-0.25, -0.2) is 0 Å². The van der Waals surface area contributed by atoms with Gasteiger partial charge >= 0.3 is 5.97 Å². The van der Waals surface area contributed by atoms with E-state index in [-0.39, 0.29) is 5.97 Å². The molecule has 3 rings (SSSR count). The van der Waals surface area contributed by atoms with Crippen LogP contribution in [0.15, 0.2) is 36.5 Å². The van der Waals surface area contributed by atoms with Crippen LogP contribution >= 0.6 is 0 Å². The number of para-hydroxylation sites is 1. The number of ether oxygens (including phenoxy) is 2. The molecule has 0 aliphatic heterocycles. The first kappa shape index (κ1) is 12.9. The van der Waals surface area contributed by atoms with Crippen molar-refractivity contribution in [1.82, 2.24) is 4.98 Å². The van der Waals surface area contributed by atoms with E-state index in [9.17, 15) is 4.79 Å². The molecule has 0 spiro atoms. The maximum absolute atomic E-state index is 11.5. The summed E-state index contributed by atoms with van der Waals surface area (Å²) in [5, 5.41) is 1.04. The van der Waals surface area contributed by atoms with Crippen LogP contribution in [-0.4, -0.2) is 23.7 Å². The molecule has 1 aromatic heterocycles. The van der Waals surface area contributed by atoms with Crippen molar-refractivity contribution in [2.24, 2.45) is 0 Å². The largest absolute Gasteiger partial charge is 0.485 e. The van der Waals surface area contributed by atoms with Gasteiger partial charge in [0.15, 0.2) is 0 Å². The summed E-state index contributed by atoms with van der Waals surface area (Å²) in [6.45, 7) is 0. The Morgan fingerprint density at radius 1 is 1.35 bits per heavy atom. The van der Waals surface area contributed by atoms with E-state index in [1.54, 1.807) is 6.20 Å². The molecule has 1 aromatic carbocycles. The second-order valence-corrected chi connectivity index (χ2v) is 5.26. The normalized spacial score (nSPS) is 16.4. The molecular weight excluding hydrogens is 254 g/mol. The lowest BCUT2D eigenvalue weighted by Crippen LogP contribution is -2.45. The summed E-state index contributed by atoms with van der Waals surface area (Å²) in [7, 11) is 1.41. The Bertz CT molecular complexity index is 634. The third-order valence-corrected chi connectivity index (χ3v) is 3.86. The first-order valence-electron chi connectivity index (χ1n) is 6.81. The molecule has 0 unspecified atom stereocenters. The number of rotatable bonds is 4. The fourth-order valence-corrected chi connectivity index (χ4v) is 2.58. The second kappa shape index (κ2) is 5.12. The maximum atomic E-state index is 11.5. The third-order valence-electron chi connectivity index (χ3n) is 3.86. The molecule has 1 saturated carbocycles. The minimum absolute atomic E-state index is 0.224. The Morgan fingerprint density at radius 3 is 2.85 bits per heavy atom. The minimum Gasteiger partial charge on any atom is -0.485 e. The van der Waals surface area contributed by atoms with Gasteiger partial charge in [-0.1, -0.05) is 18.2 Å². The molecule has 1 fully saturated rings. The number of hydrogen-bond donors (Lipinski definition) is 0. The van der Waals surface area contributed by atoms with Crippen molar-refractivity contribution in [3.63, 3.8) is 0 Å². The topological polar surface area (TPSA) is 48.4 Å². The van der Waals surface area contributed by atoms with Crippen LogP contribution in [0.3, 0.4) is 0 Å². The highest BCUT2D eigenvalue weighted by Crippen LogP contribution is 2.39. The molecule has 1 aliphatic carbocycles. The van der Waals surface area contributed by atoms with Crippen LogP contribution < -0.4 is 4.74 Å². The molecule has 4 heteroatoms. The summed E-state index contributed by atoms with van der Waals surface area (Å²) in [5.41, 5.74) is 0.535. The lowest BCUT2D eigenvalue weighted by atomic mass is 9.77. The van der Waals surface area contributed by atoms with Crippen LogP contribution in [0.1, 0.15) is 25.7 Å². The van der Waals surface area contributed by atoms with Crippen LogP contribution in [0.4, 0.5) is 0 Å². The van der Waals surface area contributed by atoms with Crippen LogP contribution in [0.25, 0.3) is 10.9 Å². The molecule has 0 bridgehead atoms. The molecular formula is C16H17NO3. The molecule has 0 amide bonds. The first-order valence-corrected chi connectivity index (χ1v) is 6.81. The minimum atomic E-state index is -0.406. The predicted molar refractivity (Wildman–Crippen MR) is 75.6 cm³/mol. The van der Waals surface area contributed by atoms with Crippen LogP contribution in [0, 0.1) is 0 Å². The van der Waals surface area contributed by atoms with Gasteiger partial charge in [-0.3, -0.25) is 9.78 Å². The van der Waals surface area contributed by atoms with Gasteiger partial charge < -0.3 is 9.47 Å². The van der Waals surface area contributed by atoms with Crippen molar-refractivity contribution >= 4 is 16.9 Å². The van der Waals surface area contributed by atoms with Gasteiger partial charge in [-0.05, 0) is 31.4 Å². The molecule has 0 N–H and O–H groups in total. The van der Waals surface area contributed by atoms with Gasteiger partial charge in [0.1, 0.15) is 11.4 Å². The zero-order chi connectivity index (χ0) is 14.0. The number of carbonyl (C=O) groups excluding carboxylic acids is 1. The number of benzene rings is 1. The summed E-state index contributed by atoms with van der Waals surface area (Å²) in [5.74, 6) is 0.491. The lowest BCUT2D eigenvalue weighted by Gasteiger charge is -2.41. The number of esters is 1. The van der Waals surface area contributed by atoms with Crippen molar-refractivity contribution in [3.05, 3.63) is 36.5 Å². The predicted octanol–water partition coefficient (Wildman–Crippen LogP) is 3.10. The molecule has 0 saturated heterocycles. The molecule has 0 radical (unpaired) electrons. The highest BCUT2D eigenvalue weighted by Gasteiger charge is 2.42. The monoisotopic (exact) mass is 271 g/mol. The molecule has 20 heavy (non-hydrogen) atoms. The molecule has 4 nitrogen and oxygen atoms in total. The molecule has 1 aliphatic rings. The molecule has 2 aromatic rings. The zero-order valence-electron chi connectivity index (χ0n) is 11.5. The average Bonchev–Trinajstić information content (AvgIpc) is 2.44. The fourth-order valence-electron chi connectivity index (χ4n) is 2.58. The van der Waals surface area contributed by atoms with Gasteiger partial charge in [0, 0.05) is 5.39 Å². The van der Waals surface area contributed by atoms with E-state index in [0.717, 1.165) is 30.2 Å². The molecule has 104 valence electrons. The quantitative estimate of drug-likeness (QED) is 0.802. The summed E-state index contributed by atoms with van der Waals surface area (Å²) >= 11 is 0. The Balaban J connectivity index is 1.82. The average molecular weight is 271 g/mol. The Hall–Kier alpha value is -2.10. The SMILES string of the molecule is COC(=O)CC1(Oc2cnc3ccccc3c2)CCC1. The van der Waals surface area contributed by atoms with Crippen LogP contribution in [0.5, 0.6) is 5.75 Å². The van der Waals surface area contributed by atoms with Crippen LogP contribution in [-0.2, 0) is 9.53 Å². The Morgan fingerprint density at radius 2 is 2.15 bits per heavy atom. The molecule has 1 heterocycles. The highest BCUT2D eigenvalue weighted by atomic mass is 16.5. The summed E-state index contributed by atoms with van der Waals surface area (Å²) in [4.78, 5) is 15.9. The van der Waals surface area contributed by atoms with E-state index in [0.29, 0.717) is 12.2 Å². The lowest BCUT2D eigenvalue weighted by molar-refractivity contribution is -0.148. The van der Waals surface area contributed by atoms with Crippen LogP contribution in [0.2, 0.25) is 0 Å². The first-order chi connectivity index (χ1) is 9.71. The smallest absolute Gasteiger partial charge is 0.309 e. The highest BCUT2D eigenvalue weighted by molar-refractivity contribution is 5.79. The maximum Gasteiger partial charge on any atom is 0.309 e. The summed E-state index contributed by atoms with van der Waals surface area (Å²) in [6.07, 6.45) is 4.87. The number of carbonyl (C=O) groups is 1. The number of aromatic nitrogens is 1. The number of fused-ring (bicyclic) bond motifs is 1. The van der Waals surface area contributed by atoms with Gasteiger partial charge in [0.2, 0.25) is 0 Å². The fraction of sp³-hybridized carbons (Fsp3) is 0.375.